The van der Waals surface area contributed by atoms with Gasteiger partial charge in [-0.15, -0.1) is 10.2 Å². The topological polar surface area (TPSA) is 98.0 Å². The van der Waals surface area contributed by atoms with E-state index >= 15 is 0 Å². The molecule has 0 aliphatic heterocycles. The summed E-state index contributed by atoms with van der Waals surface area (Å²) in [6.45, 7) is 14.2. The van der Waals surface area contributed by atoms with Crippen molar-refractivity contribution in [2.45, 2.75) is 149 Å². The molecule has 1 aromatic heterocycles. The van der Waals surface area contributed by atoms with Crippen LogP contribution in [-0.2, 0) is 38.3 Å². The lowest BCUT2D eigenvalue weighted by Crippen LogP contribution is -2.12. The Morgan fingerprint density at radius 3 is 1.19 bits per heavy atom. The monoisotopic (exact) mass is 1030 g/mol. The molecular formula is C68H80N4O5. The van der Waals surface area contributed by atoms with Gasteiger partial charge >= 0.3 is 11.9 Å². The van der Waals surface area contributed by atoms with Gasteiger partial charge in [0.25, 0.3) is 0 Å². The lowest BCUT2D eigenvalue weighted by atomic mass is 10.0. The van der Waals surface area contributed by atoms with Crippen LogP contribution in [0, 0.1) is 0 Å². The fourth-order valence-corrected chi connectivity index (χ4v) is 9.72. The first-order valence-electron chi connectivity index (χ1n) is 28.4. The molecule has 0 bridgehead atoms. The SMILES string of the molecule is C=CC(=O)OCCCCCCc1ccc(N(c2ccc(CCCCCC)cc2)c2ccc(-c3nnc(-c4ccc(N(c5ccc(CCCCCC)cc5)c5ccc(C(CCCCC)OC(=O)C=C)cc5)cc4)o3)cc2)cc1. The van der Waals surface area contributed by atoms with Gasteiger partial charge in [-0.1, -0.05) is 147 Å². The lowest BCUT2D eigenvalue weighted by Gasteiger charge is -2.26. The number of ether oxygens (including phenoxy) is 2. The molecule has 0 aliphatic rings. The first-order chi connectivity index (χ1) is 37.8. The Labute approximate surface area is 459 Å². The van der Waals surface area contributed by atoms with Gasteiger partial charge in [0.05, 0.1) is 6.61 Å². The van der Waals surface area contributed by atoms with E-state index in [9.17, 15) is 9.59 Å². The highest BCUT2D eigenvalue weighted by Gasteiger charge is 2.20. The molecule has 0 saturated carbocycles. The molecule has 0 fully saturated rings. The molecule has 0 spiro atoms. The zero-order valence-corrected chi connectivity index (χ0v) is 46.0. The minimum absolute atomic E-state index is 0.341. The Kier molecular flexibility index (Phi) is 22.9. The number of aryl methyl sites for hydroxylation is 3. The number of esters is 2. The molecule has 402 valence electrons. The van der Waals surface area contributed by atoms with Gasteiger partial charge in [-0.3, -0.25) is 0 Å². The van der Waals surface area contributed by atoms with Gasteiger partial charge < -0.3 is 23.7 Å². The van der Waals surface area contributed by atoms with E-state index in [4.69, 9.17) is 13.9 Å². The van der Waals surface area contributed by atoms with Gasteiger partial charge in [0.2, 0.25) is 11.8 Å². The zero-order chi connectivity index (χ0) is 54.0. The quantitative estimate of drug-likeness (QED) is 0.0226. The number of carbonyl (C=O) groups excluding carboxylic acids is 2. The molecule has 0 N–H and O–H groups in total. The van der Waals surface area contributed by atoms with Crippen molar-refractivity contribution >= 4 is 46.1 Å². The number of anilines is 6. The van der Waals surface area contributed by atoms with Gasteiger partial charge in [-0.05, 0) is 177 Å². The fourth-order valence-electron chi connectivity index (χ4n) is 9.72. The molecule has 0 amide bonds. The number of benzene rings is 6. The number of unbranched alkanes of at least 4 members (excludes halogenated alkanes) is 11. The normalized spacial score (nSPS) is 11.5. The molecule has 1 atom stereocenters. The molecule has 0 aliphatic carbocycles. The third-order valence-corrected chi connectivity index (χ3v) is 14.2. The van der Waals surface area contributed by atoms with Crippen molar-refractivity contribution in [1.82, 2.24) is 10.2 Å². The molecule has 1 heterocycles. The second kappa shape index (κ2) is 30.9. The maximum absolute atomic E-state index is 12.4. The maximum Gasteiger partial charge on any atom is 0.330 e. The Morgan fingerprint density at radius 2 is 0.805 bits per heavy atom. The molecule has 6 aromatic carbocycles. The van der Waals surface area contributed by atoms with E-state index in [-0.39, 0.29) is 12.1 Å². The summed E-state index contributed by atoms with van der Waals surface area (Å²) in [5.74, 6) is 0.112. The van der Waals surface area contributed by atoms with Crippen molar-refractivity contribution in [1.29, 1.82) is 0 Å². The summed E-state index contributed by atoms with van der Waals surface area (Å²) in [4.78, 5) is 28.2. The Bertz CT molecular complexity index is 2860. The summed E-state index contributed by atoms with van der Waals surface area (Å²) in [7, 11) is 0. The predicted molar refractivity (Wildman–Crippen MR) is 317 cm³/mol. The lowest BCUT2D eigenvalue weighted by molar-refractivity contribution is -0.143. The highest BCUT2D eigenvalue weighted by atomic mass is 16.5. The molecule has 9 heteroatoms. The fraction of sp³-hybridized carbons (Fsp3) is 0.353. The molecule has 9 nitrogen and oxygen atoms in total. The van der Waals surface area contributed by atoms with E-state index in [1.807, 2.05) is 24.3 Å². The average molecular weight is 1030 g/mol. The van der Waals surface area contributed by atoms with Gasteiger partial charge in [-0.25, -0.2) is 9.59 Å². The molecule has 0 saturated heterocycles. The predicted octanol–water partition coefficient (Wildman–Crippen LogP) is 18.8. The summed E-state index contributed by atoms with van der Waals surface area (Å²) in [6, 6.07) is 51.7. The molecule has 0 radical (unpaired) electrons. The van der Waals surface area contributed by atoms with Crippen molar-refractivity contribution in [3.63, 3.8) is 0 Å². The first kappa shape index (κ1) is 57.2. The van der Waals surface area contributed by atoms with Gasteiger partial charge in [0, 0.05) is 57.4 Å². The van der Waals surface area contributed by atoms with Crippen molar-refractivity contribution in [3.05, 3.63) is 193 Å². The van der Waals surface area contributed by atoms with E-state index < -0.39 is 5.97 Å². The number of aromatic nitrogens is 2. The summed E-state index contributed by atoms with van der Waals surface area (Å²) >= 11 is 0. The largest absolute Gasteiger partial charge is 0.463 e. The summed E-state index contributed by atoms with van der Waals surface area (Å²) < 4.78 is 17.4. The van der Waals surface area contributed by atoms with E-state index in [0.29, 0.717) is 18.4 Å². The summed E-state index contributed by atoms with van der Waals surface area (Å²) in [5.41, 5.74) is 12.8. The molecule has 7 rings (SSSR count). The van der Waals surface area contributed by atoms with E-state index in [1.165, 1.54) is 80.2 Å². The highest BCUT2D eigenvalue weighted by molar-refractivity contribution is 5.82. The Balaban J connectivity index is 1.09. The molecule has 7 aromatic rings. The number of carbonyl (C=O) groups is 2. The van der Waals surface area contributed by atoms with Crippen LogP contribution in [0.25, 0.3) is 22.9 Å². The van der Waals surface area contributed by atoms with Crippen LogP contribution in [0.3, 0.4) is 0 Å². The third kappa shape index (κ3) is 17.2. The maximum atomic E-state index is 12.4. The smallest absolute Gasteiger partial charge is 0.330 e. The van der Waals surface area contributed by atoms with Crippen LogP contribution >= 0.6 is 0 Å². The van der Waals surface area contributed by atoms with Crippen LogP contribution in [0.1, 0.15) is 152 Å². The summed E-state index contributed by atoms with van der Waals surface area (Å²) in [6.07, 6.45) is 23.0. The number of rotatable bonds is 33. The van der Waals surface area contributed by atoms with E-state index in [1.54, 1.807) is 0 Å². The standard InChI is InChI=1S/C68H80N4O5/c1-6-11-14-19-23-52-27-39-58(40-28-52)71(59-41-31-54(32-42-59)25-21-16-17-22-51-75-65(73)9-4)62-47-35-56(36-48-62)67-69-70-68(77-67)57-37-49-63(50-38-57)72(60-43-29-53(30-44-60)24-20-15-12-7-2)61-45-33-55(34-46-61)64(26-18-13-8-3)76-66(74)10-5/h9-10,27-50,64H,4-8,11-26,51H2,1-3H3. The second-order valence-corrected chi connectivity index (χ2v) is 20.1. The second-order valence-electron chi connectivity index (χ2n) is 20.1. The van der Waals surface area contributed by atoms with Gasteiger partial charge in [-0.2, -0.15) is 0 Å². The number of hydrogen-bond acceptors (Lipinski definition) is 9. The molecular weight excluding hydrogens is 953 g/mol. The number of nitrogens with zero attached hydrogens (tertiary/aromatic N) is 4. The number of hydrogen-bond donors (Lipinski definition) is 0. The minimum Gasteiger partial charge on any atom is -0.463 e. The van der Waals surface area contributed by atoms with E-state index in [2.05, 4.69) is 175 Å². The minimum atomic E-state index is -0.410. The average Bonchev–Trinajstić information content (AvgIpc) is 3.97. The third-order valence-electron chi connectivity index (χ3n) is 14.2. The van der Waals surface area contributed by atoms with Crippen LogP contribution in [0.5, 0.6) is 0 Å². The van der Waals surface area contributed by atoms with Gasteiger partial charge in [0.15, 0.2) is 0 Å². The van der Waals surface area contributed by atoms with Crippen LogP contribution < -0.4 is 9.80 Å². The van der Waals surface area contributed by atoms with Crippen LogP contribution in [-0.4, -0.2) is 28.7 Å². The highest BCUT2D eigenvalue weighted by Crippen LogP contribution is 2.39. The Morgan fingerprint density at radius 1 is 0.455 bits per heavy atom. The van der Waals surface area contributed by atoms with Crippen LogP contribution in [0.2, 0.25) is 0 Å². The van der Waals surface area contributed by atoms with Crippen LogP contribution in [0.4, 0.5) is 34.1 Å². The van der Waals surface area contributed by atoms with Crippen molar-refractivity contribution in [3.8, 4) is 22.9 Å². The van der Waals surface area contributed by atoms with Crippen molar-refractivity contribution < 1.29 is 23.5 Å². The summed E-state index contributed by atoms with van der Waals surface area (Å²) in [5, 5.41) is 9.05. The van der Waals surface area contributed by atoms with Crippen molar-refractivity contribution in [2.75, 3.05) is 16.4 Å². The van der Waals surface area contributed by atoms with Crippen LogP contribution in [0.15, 0.2) is 175 Å². The molecule has 1 unspecified atom stereocenters. The first-order valence-corrected chi connectivity index (χ1v) is 28.4. The zero-order valence-electron chi connectivity index (χ0n) is 46.0. The van der Waals surface area contributed by atoms with E-state index in [0.717, 1.165) is 121 Å². The molecule has 77 heavy (non-hydrogen) atoms. The van der Waals surface area contributed by atoms with Crippen molar-refractivity contribution in [2.24, 2.45) is 0 Å². The Hall–Kier alpha value is -7.52. The van der Waals surface area contributed by atoms with Gasteiger partial charge in [0.1, 0.15) is 6.10 Å².